The zero-order valence-corrected chi connectivity index (χ0v) is 31.8. The Labute approximate surface area is 356 Å². The molecule has 2 aromatic heterocycles. The Kier molecular flexibility index (Phi) is 5.57. The van der Waals surface area contributed by atoms with Crippen molar-refractivity contribution in [3.8, 4) is 44.5 Å². The maximum absolute atomic E-state index is 9.59. The van der Waals surface area contributed by atoms with E-state index in [0.29, 0.717) is 27.8 Å². The smallest absolute Gasteiger partial charge is 0.136 e. The van der Waals surface area contributed by atoms with Gasteiger partial charge in [-0.25, -0.2) is 0 Å². The lowest BCUT2D eigenvalue weighted by atomic mass is 9.83. The molecule has 60 heavy (non-hydrogen) atoms. The molecule has 0 unspecified atom stereocenters. The highest BCUT2D eigenvalue weighted by molar-refractivity contribution is 6.27. The predicted molar refractivity (Wildman–Crippen MR) is 253 cm³/mol. The second-order valence-corrected chi connectivity index (χ2v) is 15.3. The molecule has 0 aliphatic carbocycles. The molecule has 0 spiro atoms. The summed E-state index contributed by atoms with van der Waals surface area (Å²) in [6.45, 7) is 0. The molecule has 2 heteroatoms. The van der Waals surface area contributed by atoms with E-state index in [0.717, 1.165) is 82.1 Å². The van der Waals surface area contributed by atoms with Crippen LogP contribution in [0.25, 0.3) is 131 Å². The zero-order chi connectivity index (χ0) is 46.3. The average Bonchev–Trinajstić information content (AvgIpc) is 3.95. The monoisotopic (exact) mass is 770 g/mol. The van der Waals surface area contributed by atoms with Gasteiger partial charge in [0.05, 0.1) is 11.0 Å². The van der Waals surface area contributed by atoms with Crippen molar-refractivity contribution in [2.45, 2.75) is 0 Å². The van der Waals surface area contributed by atoms with Crippen molar-refractivity contribution in [1.29, 1.82) is 0 Å². The van der Waals surface area contributed by atoms with Crippen molar-refractivity contribution in [2.24, 2.45) is 0 Å². The lowest BCUT2D eigenvalue weighted by Crippen LogP contribution is -1.92. The molecule has 13 aromatic rings. The lowest BCUT2D eigenvalue weighted by molar-refractivity contribution is 0.663. The predicted octanol–water partition coefficient (Wildman–Crippen LogP) is 16.8. The first-order valence-corrected chi connectivity index (χ1v) is 19.9. The van der Waals surface area contributed by atoms with Gasteiger partial charge in [-0.1, -0.05) is 176 Å². The summed E-state index contributed by atoms with van der Waals surface area (Å²) in [5.41, 5.74) is 8.46. The fourth-order valence-electron chi connectivity index (χ4n) is 9.49. The van der Waals surface area contributed by atoms with E-state index >= 15 is 0 Å². The van der Waals surface area contributed by atoms with Gasteiger partial charge < -0.3 is 8.83 Å². The number of hydrogen-bond donors (Lipinski definition) is 0. The van der Waals surface area contributed by atoms with E-state index in [2.05, 4.69) is 42.5 Å². The maximum Gasteiger partial charge on any atom is 0.136 e. The maximum atomic E-state index is 9.59. The first-order chi connectivity index (χ1) is 33.1. The Balaban J connectivity index is 1.07. The van der Waals surface area contributed by atoms with E-state index in [1.165, 1.54) is 0 Å². The molecule has 0 amide bonds. The highest BCUT2D eigenvalue weighted by Gasteiger charge is 2.21. The van der Waals surface area contributed by atoms with Crippen LogP contribution in [0.1, 0.15) is 11.0 Å². The van der Waals surface area contributed by atoms with Gasteiger partial charge in [-0.15, -0.1) is 0 Å². The quantitative estimate of drug-likeness (QED) is 0.167. The summed E-state index contributed by atoms with van der Waals surface area (Å²) in [5, 5.41) is 8.35. The van der Waals surface area contributed by atoms with Gasteiger partial charge in [0.15, 0.2) is 0 Å². The molecule has 0 aliphatic heterocycles. The first kappa shape index (κ1) is 26.1. The van der Waals surface area contributed by atoms with Crippen LogP contribution in [-0.2, 0) is 0 Å². The number of para-hydroxylation sites is 1. The summed E-state index contributed by atoms with van der Waals surface area (Å²) in [5.74, 6) is 0. The summed E-state index contributed by atoms with van der Waals surface area (Å²) < 4.78 is 86.9. The minimum atomic E-state index is -0.443. The average molecular weight is 771 g/mol. The van der Waals surface area contributed by atoms with Gasteiger partial charge in [0.2, 0.25) is 0 Å². The van der Waals surface area contributed by atoms with E-state index in [-0.39, 0.29) is 45.7 Å². The van der Waals surface area contributed by atoms with Crippen LogP contribution in [0.2, 0.25) is 0 Å². The standard InChI is InChI=1S/C58H34O2/c1-2-14-39-35(12-1)13-11-22-40(39)36-24-26-37(27-25-36)55-44-17-5-7-19-46(44)56(47-20-8-6-18-45(47)55)48-31-30-41(42-15-3-4-16-43(42)48)38-28-29-50-54(34-38)60-53-33-32-52-57(58(50)53)49-21-9-10-23-51(49)59-52/h1-34H/i5D,6D,7D,8D,17D,18D,19D,20D. The van der Waals surface area contributed by atoms with Gasteiger partial charge in [-0.2, -0.15) is 0 Å². The normalized spacial score (nSPS) is 13.9. The molecule has 11 aromatic carbocycles. The second kappa shape index (κ2) is 12.8. The van der Waals surface area contributed by atoms with E-state index in [4.69, 9.17) is 14.3 Å². The Hall–Kier alpha value is -7.94. The summed E-state index contributed by atoms with van der Waals surface area (Å²) >= 11 is 0. The van der Waals surface area contributed by atoms with Gasteiger partial charge in [-0.05, 0) is 118 Å². The molecular formula is C58H34O2. The Morgan fingerprint density at radius 2 is 0.800 bits per heavy atom. The molecule has 0 fully saturated rings. The van der Waals surface area contributed by atoms with Crippen LogP contribution in [0.4, 0.5) is 0 Å². The van der Waals surface area contributed by atoms with Gasteiger partial charge >= 0.3 is 0 Å². The number of rotatable bonds is 4. The molecule has 0 N–H and O–H groups in total. The van der Waals surface area contributed by atoms with Crippen LogP contribution in [0.5, 0.6) is 0 Å². The number of hydrogen-bond acceptors (Lipinski definition) is 2. The molecule has 0 atom stereocenters. The fraction of sp³-hybridized carbons (Fsp3) is 0. The van der Waals surface area contributed by atoms with Crippen LogP contribution >= 0.6 is 0 Å². The molecule has 0 aliphatic rings. The minimum Gasteiger partial charge on any atom is -0.456 e. The van der Waals surface area contributed by atoms with Gasteiger partial charge in [0.1, 0.15) is 22.3 Å². The second-order valence-electron chi connectivity index (χ2n) is 15.3. The molecule has 13 rings (SSSR count). The van der Waals surface area contributed by atoms with E-state index < -0.39 is 24.2 Å². The SMILES string of the molecule is [2H]c1c([2H])c([2H])c2c(-c3ccc(-c4ccc5c(c4)oc4ccc6oc7ccccc7c6c45)c4ccccc34)c3c([2H])c([2H])c([2H])c([2H])c3c(-c3ccc(-c4cccc5ccccc45)cc3)c2c1[2H]. The summed E-state index contributed by atoms with van der Waals surface area (Å²) in [4.78, 5) is 0. The molecule has 2 heterocycles. The third-order valence-corrected chi connectivity index (χ3v) is 12.1. The topological polar surface area (TPSA) is 26.3 Å². The van der Waals surface area contributed by atoms with Crippen molar-refractivity contribution in [3.05, 3.63) is 206 Å². The van der Waals surface area contributed by atoms with Crippen molar-refractivity contribution >= 4 is 87.0 Å². The molecular weight excluding hydrogens is 729 g/mol. The van der Waals surface area contributed by atoms with Crippen molar-refractivity contribution in [1.82, 2.24) is 0 Å². The fourth-order valence-corrected chi connectivity index (χ4v) is 9.49. The van der Waals surface area contributed by atoms with Crippen molar-refractivity contribution in [2.75, 3.05) is 0 Å². The number of benzene rings is 11. The van der Waals surface area contributed by atoms with Crippen LogP contribution < -0.4 is 0 Å². The molecule has 0 radical (unpaired) electrons. The van der Waals surface area contributed by atoms with Crippen molar-refractivity contribution < 1.29 is 19.8 Å². The van der Waals surface area contributed by atoms with Gasteiger partial charge in [-0.3, -0.25) is 0 Å². The summed E-state index contributed by atoms with van der Waals surface area (Å²) in [6, 6.07) is 48.6. The third kappa shape index (κ3) is 4.82. The molecule has 0 saturated heterocycles. The first-order valence-electron chi connectivity index (χ1n) is 23.9. The molecule has 0 saturated carbocycles. The highest BCUT2D eigenvalue weighted by Crippen LogP contribution is 2.47. The number of furan rings is 2. The highest BCUT2D eigenvalue weighted by atomic mass is 16.3. The Morgan fingerprint density at radius 3 is 1.52 bits per heavy atom. The largest absolute Gasteiger partial charge is 0.456 e. The minimum absolute atomic E-state index is 0.168. The molecule has 2 nitrogen and oxygen atoms in total. The lowest BCUT2D eigenvalue weighted by Gasteiger charge is -2.20. The summed E-state index contributed by atoms with van der Waals surface area (Å²) in [6.07, 6.45) is 0. The third-order valence-electron chi connectivity index (χ3n) is 12.1. The molecule has 0 bridgehead atoms. The van der Waals surface area contributed by atoms with E-state index in [9.17, 15) is 5.48 Å². The van der Waals surface area contributed by atoms with Gasteiger partial charge in [0.25, 0.3) is 0 Å². The van der Waals surface area contributed by atoms with E-state index in [1.54, 1.807) is 0 Å². The van der Waals surface area contributed by atoms with E-state index in [1.807, 2.05) is 115 Å². The Bertz CT molecular complexity index is 4270. The zero-order valence-electron chi connectivity index (χ0n) is 39.8. The van der Waals surface area contributed by atoms with Crippen LogP contribution in [0, 0.1) is 0 Å². The van der Waals surface area contributed by atoms with Crippen LogP contribution in [0.3, 0.4) is 0 Å². The van der Waals surface area contributed by atoms with Crippen LogP contribution in [0.15, 0.2) is 215 Å². The van der Waals surface area contributed by atoms with Gasteiger partial charge in [0, 0.05) is 21.5 Å². The van der Waals surface area contributed by atoms with Crippen LogP contribution in [-0.4, -0.2) is 0 Å². The number of fused-ring (bicyclic) bond motifs is 11. The molecule has 278 valence electrons. The Morgan fingerprint density at radius 1 is 0.300 bits per heavy atom. The van der Waals surface area contributed by atoms with Crippen molar-refractivity contribution in [3.63, 3.8) is 0 Å². The summed E-state index contributed by atoms with van der Waals surface area (Å²) in [7, 11) is 0.